The summed E-state index contributed by atoms with van der Waals surface area (Å²) in [6.07, 6.45) is 3.13. The zero-order chi connectivity index (χ0) is 25.8. The van der Waals surface area contributed by atoms with Crippen LogP contribution in [0.15, 0.2) is 46.4 Å². The van der Waals surface area contributed by atoms with E-state index in [9.17, 15) is 0 Å². The number of fused-ring (bicyclic) bond motifs is 2. The Morgan fingerprint density at radius 3 is 2.14 bits per heavy atom. The van der Waals surface area contributed by atoms with Crippen LogP contribution >= 0.6 is 0 Å². The summed E-state index contributed by atoms with van der Waals surface area (Å²) in [4.78, 5) is 13.7. The topological polar surface area (TPSA) is 102 Å². The van der Waals surface area contributed by atoms with Crippen molar-refractivity contribution in [1.82, 2.24) is 4.90 Å². The van der Waals surface area contributed by atoms with Gasteiger partial charge in [0.1, 0.15) is 34.5 Å². The summed E-state index contributed by atoms with van der Waals surface area (Å²) in [5.74, 6) is 3.22. The van der Waals surface area contributed by atoms with Crippen molar-refractivity contribution in [2.75, 3.05) is 32.1 Å². The minimum Gasteiger partial charge on any atom is -0.481 e. The van der Waals surface area contributed by atoms with Crippen molar-refractivity contribution < 1.29 is 9.47 Å². The first-order valence-corrected chi connectivity index (χ1v) is 12.9. The number of hydrogen-bond donors (Lipinski definition) is 2. The number of rotatable bonds is 10. The first-order valence-electron chi connectivity index (χ1n) is 12.9. The molecule has 8 heteroatoms. The van der Waals surface area contributed by atoms with Crippen LogP contribution in [-0.4, -0.2) is 56.0 Å². The second-order valence-corrected chi connectivity index (χ2v) is 10.1. The monoisotopic (exact) mass is 492 g/mol. The molecule has 2 aliphatic heterocycles. The maximum atomic E-state index is 6.00. The Morgan fingerprint density at radius 2 is 1.50 bits per heavy atom. The quantitative estimate of drug-likeness (QED) is 0.503. The Balaban J connectivity index is 1.33. The Labute approximate surface area is 215 Å². The van der Waals surface area contributed by atoms with Crippen LogP contribution in [0.1, 0.15) is 45.6 Å². The van der Waals surface area contributed by atoms with Gasteiger partial charge in [-0.1, -0.05) is 19.4 Å². The highest BCUT2D eigenvalue weighted by atomic mass is 16.5. The standard InChI is InChI=1S/C28H40N6O2/c1-6-7-20(17-34(5)22-9-11-26-24(15-22)32-28(30)19(3)36-26)12-13-33(4)16-21-8-10-25-23(14-21)31-27(29)18(2)35-25/h8-11,14-15,18-20H,6-7,12-13,16-17H2,1-5H3,(H2,29,31)(H2,30,32). The maximum Gasteiger partial charge on any atom is 0.153 e. The third-order valence-electron chi connectivity index (χ3n) is 6.95. The zero-order valence-electron chi connectivity index (χ0n) is 22.2. The van der Waals surface area contributed by atoms with Crippen molar-refractivity contribution >= 4 is 28.7 Å². The lowest BCUT2D eigenvalue weighted by Crippen LogP contribution is -2.33. The number of nitrogens with zero attached hydrogens (tertiary/aromatic N) is 4. The molecular weight excluding hydrogens is 452 g/mol. The van der Waals surface area contributed by atoms with E-state index >= 15 is 0 Å². The van der Waals surface area contributed by atoms with Crippen molar-refractivity contribution in [1.29, 1.82) is 0 Å². The maximum absolute atomic E-state index is 6.00. The normalized spacial score (nSPS) is 19.4. The fourth-order valence-corrected chi connectivity index (χ4v) is 4.76. The average molecular weight is 493 g/mol. The highest BCUT2D eigenvalue weighted by Gasteiger charge is 2.21. The summed E-state index contributed by atoms with van der Waals surface area (Å²) >= 11 is 0. The highest BCUT2D eigenvalue weighted by molar-refractivity contribution is 5.90. The number of hydrogen-bond acceptors (Lipinski definition) is 8. The second kappa shape index (κ2) is 11.2. The van der Waals surface area contributed by atoms with Gasteiger partial charge in [0, 0.05) is 25.8 Å². The molecule has 0 bridgehead atoms. The van der Waals surface area contributed by atoms with Gasteiger partial charge in [-0.2, -0.15) is 0 Å². The molecule has 2 aliphatic rings. The third-order valence-corrected chi connectivity index (χ3v) is 6.95. The van der Waals surface area contributed by atoms with Gasteiger partial charge in [-0.05, 0) is 82.1 Å². The molecule has 0 aliphatic carbocycles. The van der Waals surface area contributed by atoms with E-state index < -0.39 is 0 Å². The number of benzene rings is 2. The number of anilines is 1. The molecular formula is C28H40N6O2. The van der Waals surface area contributed by atoms with Gasteiger partial charge >= 0.3 is 0 Å². The molecule has 36 heavy (non-hydrogen) atoms. The van der Waals surface area contributed by atoms with Crippen molar-refractivity contribution in [3.05, 3.63) is 42.0 Å². The van der Waals surface area contributed by atoms with Crippen LogP contribution in [0.25, 0.3) is 0 Å². The lowest BCUT2D eigenvalue weighted by atomic mass is 9.98. The molecule has 4 N–H and O–H groups in total. The van der Waals surface area contributed by atoms with Crippen LogP contribution in [-0.2, 0) is 6.54 Å². The molecule has 4 rings (SSSR count). The van der Waals surface area contributed by atoms with Crippen LogP contribution in [0.2, 0.25) is 0 Å². The smallest absolute Gasteiger partial charge is 0.153 e. The Bertz CT molecular complexity index is 1130. The summed E-state index contributed by atoms with van der Waals surface area (Å²) in [6.45, 7) is 8.95. The van der Waals surface area contributed by atoms with E-state index in [2.05, 4.69) is 65.1 Å². The van der Waals surface area contributed by atoms with Crippen molar-refractivity contribution in [3.8, 4) is 11.5 Å². The number of amidine groups is 2. The van der Waals surface area contributed by atoms with E-state index in [0.717, 1.165) is 54.6 Å². The molecule has 0 saturated carbocycles. The molecule has 3 unspecified atom stereocenters. The average Bonchev–Trinajstić information content (AvgIpc) is 2.84. The van der Waals surface area contributed by atoms with Crippen LogP contribution in [0, 0.1) is 5.92 Å². The molecule has 0 aromatic heterocycles. The molecule has 0 spiro atoms. The summed E-state index contributed by atoms with van der Waals surface area (Å²) < 4.78 is 11.7. The third kappa shape index (κ3) is 6.10. The summed E-state index contributed by atoms with van der Waals surface area (Å²) in [7, 11) is 4.32. The highest BCUT2D eigenvalue weighted by Crippen LogP contribution is 2.36. The SMILES string of the molecule is CCCC(CCN(C)Cc1ccc2c(c1)N=C(N)C(C)O2)CN(C)c1ccc2c(c1)N=C(N)C(C)O2. The van der Waals surface area contributed by atoms with Crippen LogP contribution < -0.4 is 25.8 Å². The lowest BCUT2D eigenvalue weighted by Gasteiger charge is -2.28. The number of nitrogens with two attached hydrogens (primary N) is 2. The molecule has 0 saturated heterocycles. The van der Waals surface area contributed by atoms with Crippen LogP contribution in [0.5, 0.6) is 11.5 Å². The van der Waals surface area contributed by atoms with Gasteiger partial charge in [0.25, 0.3) is 0 Å². The van der Waals surface area contributed by atoms with E-state index in [1.54, 1.807) is 0 Å². The van der Waals surface area contributed by atoms with Gasteiger partial charge in [-0.3, -0.25) is 0 Å². The molecule has 2 aromatic rings. The summed E-state index contributed by atoms with van der Waals surface area (Å²) in [5.41, 5.74) is 15.9. The largest absolute Gasteiger partial charge is 0.481 e. The fourth-order valence-electron chi connectivity index (χ4n) is 4.76. The zero-order valence-corrected chi connectivity index (χ0v) is 22.2. The van der Waals surface area contributed by atoms with Crippen molar-refractivity contribution in [2.24, 2.45) is 27.4 Å². The molecule has 194 valence electrons. The second-order valence-electron chi connectivity index (χ2n) is 10.1. The van der Waals surface area contributed by atoms with Crippen molar-refractivity contribution in [2.45, 2.75) is 58.8 Å². The van der Waals surface area contributed by atoms with E-state index in [0.29, 0.717) is 17.6 Å². The predicted molar refractivity (Wildman–Crippen MR) is 148 cm³/mol. The Kier molecular flexibility index (Phi) is 8.04. The summed E-state index contributed by atoms with van der Waals surface area (Å²) in [5, 5.41) is 0. The Morgan fingerprint density at radius 1 is 0.889 bits per heavy atom. The van der Waals surface area contributed by atoms with Gasteiger partial charge in [-0.15, -0.1) is 0 Å². The van der Waals surface area contributed by atoms with Crippen LogP contribution in [0.3, 0.4) is 0 Å². The molecule has 2 heterocycles. The van der Waals surface area contributed by atoms with Crippen molar-refractivity contribution in [3.63, 3.8) is 0 Å². The first kappa shape index (κ1) is 25.8. The Hall–Kier alpha value is -3.26. The van der Waals surface area contributed by atoms with E-state index in [-0.39, 0.29) is 12.2 Å². The number of aliphatic imine (C=N–C) groups is 2. The van der Waals surface area contributed by atoms with Gasteiger partial charge in [0.2, 0.25) is 0 Å². The van der Waals surface area contributed by atoms with E-state index in [1.807, 2.05) is 26.0 Å². The molecule has 8 nitrogen and oxygen atoms in total. The van der Waals surface area contributed by atoms with E-state index in [1.165, 1.54) is 18.4 Å². The fraction of sp³-hybridized carbons (Fsp3) is 0.500. The predicted octanol–water partition coefficient (Wildman–Crippen LogP) is 4.60. The molecule has 2 aromatic carbocycles. The van der Waals surface area contributed by atoms with Gasteiger partial charge < -0.3 is 30.7 Å². The van der Waals surface area contributed by atoms with Crippen LogP contribution in [0.4, 0.5) is 17.1 Å². The number of ether oxygens (including phenoxy) is 2. The summed E-state index contributed by atoms with van der Waals surface area (Å²) in [6, 6.07) is 12.4. The van der Waals surface area contributed by atoms with E-state index in [4.69, 9.17) is 20.9 Å². The minimum atomic E-state index is -0.184. The molecule has 0 amide bonds. The van der Waals surface area contributed by atoms with Gasteiger partial charge in [-0.25, -0.2) is 9.98 Å². The minimum absolute atomic E-state index is 0.177. The molecule has 0 radical (unpaired) electrons. The van der Waals surface area contributed by atoms with Gasteiger partial charge in [0.15, 0.2) is 12.2 Å². The lowest BCUT2D eigenvalue weighted by molar-refractivity contribution is 0.279. The first-order chi connectivity index (χ1) is 17.2. The molecule has 0 fully saturated rings. The molecule has 3 atom stereocenters. The van der Waals surface area contributed by atoms with Gasteiger partial charge in [0.05, 0.1) is 0 Å².